The van der Waals surface area contributed by atoms with Gasteiger partial charge in [-0.1, -0.05) is 42.1 Å². The van der Waals surface area contributed by atoms with Gasteiger partial charge in [-0.05, 0) is 43.2 Å². The minimum absolute atomic E-state index is 0.0335. The molecule has 5 nitrogen and oxygen atoms in total. The van der Waals surface area contributed by atoms with Crippen LogP contribution in [0.25, 0.3) is 5.69 Å². The van der Waals surface area contributed by atoms with E-state index in [1.807, 2.05) is 41.1 Å². The maximum absolute atomic E-state index is 12.2. The van der Waals surface area contributed by atoms with Crippen molar-refractivity contribution in [3.8, 4) is 5.69 Å². The van der Waals surface area contributed by atoms with Crippen LogP contribution in [0.1, 0.15) is 12.0 Å². The minimum Gasteiger partial charge on any atom is -0.375 e. The van der Waals surface area contributed by atoms with Gasteiger partial charge in [0.05, 0.1) is 5.75 Å². The lowest BCUT2D eigenvalue weighted by atomic mass is 10.2. The predicted octanol–water partition coefficient (Wildman–Crippen LogP) is 3.92. The van der Waals surface area contributed by atoms with E-state index in [1.165, 1.54) is 23.0 Å². The molecule has 0 aliphatic carbocycles. The minimum atomic E-state index is 0.0335. The Bertz CT molecular complexity index is 894. The first-order valence-electron chi connectivity index (χ1n) is 9.39. The fraction of sp³-hybridized carbons (Fsp3) is 0.273. The van der Waals surface area contributed by atoms with E-state index in [9.17, 15) is 4.79 Å². The summed E-state index contributed by atoms with van der Waals surface area (Å²) in [5.74, 6) is 0.392. The number of amides is 1. The van der Waals surface area contributed by atoms with Gasteiger partial charge in [0.1, 0.15) is 0 Å². The van der Waals surface area contributed by atoms with Crippen LogP contribution in [0.5, 0.6) is 0 Å². The zero-order chi connectivity index (χ0) is 19.8. The number of benzene rings is 2. The summed E-state index contributed by atoms with van der Waals surface area (Å²) in [6, 6.07) is 18.5. The van der Waals surface area contributed by atoms with E-state index in [0.29, 0.717) is 12.3 Å². The fourth-order valence-electron chi connectivity index (χ4n) is 2.91. The van der Waals surface area contributed by atoms with Crippen LogP contribution in [0, 0.1) is 6.92 Å². The number of anilines is 1. The smallest absolute Gasteiger partial charge is 0.230 e. The molecule has 6 heteroatoms. The zero-order valence-corrected chi connectivity index (χ0v) is 17.2. The summed E-state index contributed by atoms with van der Waals surface area (Å²) in [4.78, 5) is 18.8. The van der Waals surface area contributed by atoms with E-state index < -0.39 is 0 Å². The summed E-state index contributed by atoms with van der Waals surface area (Å²) < 4.78 is 2.01. The van der Waals surface area contributed by atoms with Gasteiger partial charge in [0, 0.05) is 43.9 Å². The number of hydrogen-bond acceptors (Lipinski definition) is 4. The van der Waals surface area contributed by atoms with E-state index in [-0.39, 0.29) is 5.91 Å². The molecule has 0 aliphatic heterocycles. The third kappa shape index (κ3) is 5.63. The summed E-state index contributed by atoms with van der Waals surface area (Å²) in [6.45, 7) is 3.63. The molecule has 3 rings (SSSR count). The molecule has 1 amide bonds. The monoisotopic (exact) mass is 394 g/mol. The molecule has 0 aliphatic rings. The average molecular weight is 395 g/mol. The van der Waals surface area contributed by atoms with Gasteiger partial charge in [0.2, 0.25) is 5.91 Å². The van der Waals surface area contributed by atoms with Gasteiger partial charge >= 0.3 is 0 Å². The zero-order valence-electron chi connectivity index (χ0n) is 16.3. The van der Waals surface area contributed by atoms with Crippen molar-refractivity contribution in [2.24, 2.45) is 0 Å². The van der Waals surface area contributed by atoms with Crippen LogP contribution < -0.4 is 10.2 Å². The van der Waals surface area contributed by atoms with E-state index >= 15 is 0 Å². The summed E-state index contributed by atoms with van der Waals surface area (Å²) in [6.07, 6.45) is 4.59. The fourth-order valence-corrected chi connectivity index (χ4v) is 3.71. The second-order valence-electron chi connectivity index (χ2n) is 6.67. The normalized spacial score (nSPS) is 10.6. The van der Waals surface area contributed by atoms with Crippen LogP contribution in [0.2, 0.25) is 0 Å². The molecule has 0 atom stereocenters. The van der Waals surface area contributed by atoms with Gasteiger partial charge in [-0.25, -0.2) is 4.98 Å². The molecule has 3 aromatic rings. The summed E-state index contributed by atoms with van der Waals surface area (Å²) in [5.41, 5.74) is 3.44. The van der Waals surface area contributed by atoms with Gasteiger partial charge in [-0.15, -0.1) is 0 Å². The number of nitrogens with one attached hydrogen (secondary N) is 1. The standard InChI is InChI=1S/C22H26N4OS/c1-18-8-6-11-20(16-18)26-15-13-24-22(26)28-17-21(27)23-12-7-14-25(2)19-9-4-3-5-10-19/h3-6,8-11,13,15-16H,7,12,14,17H2,1-2H3,(H,23,27). The molecule has 0 unspecified atom stereocenters. The molecular formula is C22H26N4OS. The summed E-state index contributed by atoms with van der Waals surface area (Å²) in [7, 11) is 2.07. The van der Waals surface area contributed by atoms with Crippen LogP contribution in [0.4, 0.5) is 5.69 Å². The second kappa shape index (κ2) is 9.99. The molecule has 2 aromatic carbocycles. The van der Waals surface area contributed by atoms with E-state index in [0.717, 1.165) is 23.8 Å². The first-order valence-corrected chi connectivity index (χ1v) is 10.4. The molecule has 146 valence electrons. The molecule has 0 radical (unpaired) electrons. The lowest BCUT2D eigenvalue weighted by molar-refractivity contribution is -0.118. The largest absolute Gasteiger partial charge is 0.375 e. The maximum atomic E-state index is 12.2. The third-order valence-electron chi connectivity index (χ3n) is 4.41. The Labute approximate surface area is 170 Å². The number of hydrogen-bond donors (Lipinski definition) is 1. The molecule has 0 saturated carbocycles. The number of carbonyl (C=O) groups is 1. The van der Waals surface area contributed by atoms with Crippen LogP contribution in [-0.2, 0) is 4.79 Å². The van der Waals surface area contributed by atoms with Crippen LogP contribution in [0.15, 0.2) is 72.1 Å². The average Bonchev–Trinajstić information content (AvgIpc) is 3.19. The molecule has 28 heavy (non-hydrogen) atoms. The summed E-state index contributed by atoms with van der Waals surface area (Å²) >= 11 is 1.45. The molecule has 1 aromatic heterocycles. The van der Waals surface area contributed by atoms with E-state index in [4.69, 9.17) is 0 Å². The van der Waals surface area contributed by atoms with Crippen molar-refractivity contribution < 1.29 is 4.79 Å². The van der Waals surface area contributed by atoms with Crippen molar-refractivity contribution in [2.75, 3.05) is 30.8 Å². The number of nitrogens with zero attached hydrogens (tertiary/aromatic N) is 3. The van der Waals surface area contributed by atoms with Crippen molar-refractivity contribution in [3.63, 3.8) is 0 Å². The van der Waals surface area contributed by atoms with Crippen molar-refractivity contribution in [2.45, 2.75) is 18.5 Å². The summed E-state index contributed by atoms with van der Waals surface area (Å²) in [5, 5.41) is 3.82. The number of imidazole rings is 1. The Morgan fingerprint density at radius 2 is 2.00 bits per heavy atom. The Morgan fingerprint density at radius 1 is 1.18 bits per heavy atom. The predicted molar refractivity (Wildman–Crippen MR) is 116 cm³/mol. The molecule has 0 spiro atoms. The topological polar surface area (TPSA) is 50.2 Å². The Hall–Kier alpha value is -2.73. The van der Waals surface area contributed by atoms with E-state index in [1.54, 1.807) is 6.20 Å². The third-order valence-corrected chi connectivity index (χ3v) is 5.38. The Balaban J connectivity index is 1.41. The molecule has 1 N–H and O–H groups in total. The van der Waals surface area contributed by atoms with Gasteiger partial charge in [-0.3, -0.25) is 9.36 Å². The highest BCUT2D eigenvalue weighted by atomic mass is 32.2. The molecule has 0 saturated heterocycles. The quantitative estimate of drug-likeness (QED) is 0.442. The molecule has 0 fully saturated rings. The highest BCUT2D eigenvalue weighted by molar-refractivity contribution is 7.99. The number of thioether (sulfide) groups is 1. The van der Waals surface area contributed by atoms with Gasteiger partial charge in [0.25, 0.3) is 0 Å². The highest BCUT2D eigenvalue weighted by Gasteiger charge is 2.09. The van der Waals surface area contributed by atoms with Crippen molar-refractivity contribution in [3.05, 3.63) is 72.6 Å². The lowest BCUT2D eigenvalue weighted by Crippen LogP contribution is -2.29. The Kier molecular flexibility index (Phi) is 7.14. The van der Waals surface area contributed by atoms with Gasteiger partial charge < -0.3 is 10.2 Å². The van der Waals surface area contributed by atoms with Crippen molar-refractivity contribution >= 4 is 23.4 Å². The first-order chi connectivity index (χ1) is 13.6. The highest BCUT2D eigenvalue weighted by Crippen LogP contribution is 2.20. The number of carbonyl (C=O) groups excluding carboxylic acids is 1. The van der Waals surface area contributed by atoms with Crippen molar-refractivity contribution in [1.82, 2.24) is 14.9 Å². The second-order valence-corrected chi connectivity index (χ2v) is 7.61. The number of aryl methyl sites for hydroxylation is 1. The van der Waals surface area contributed by atoms with Crippen LogP contribution in [-0.4, -0.2) is 41.3 Å². The lowest BCUT2D eigenvalue weighted by Gasteiger charge is -2.19. The van der Waals surface area contributed by atoms with Crippen LogP contribution in [0.3, 0.4) is 0 Å². The number of rotatable bonds is 9. The Morgan fingerprint density at radius 3 is 2.79 bits per heavy atom. The van der Waals surface area contributed by atoms with Gasteiger partial charge in [-0.2, -0.15) is 0 Å². The van der Waals surface area contributed by atoms with Crippen molar-refractivity contribution in [1.29, 1.82) is 0 Å². The maximum Gasteiger partial charge on any atom is 0.230 e. The molecule has 0 bridgehead atoms. The SMILES string of the molecule is Cc1cccc(-n2ccnc2SCC(=O)NCCCN(C)c2ccccc2)c1. The molecular weight excluding hydrogens is 368 g/mol. The van der Waals surface area contributed by atoms with Gasteiger partial charge in [0.15, 0.2) is 5.16 Å². The van der Waals surface area contributed by atoms with E-state index in [2.05, 4.69) is 53.4 Å². The van der Waals surface area contributed by atoms with Crippen LogP contribution >= 0.6 is 11.8 Å². The first kappa shape index (κ1) is 20.0. The molecule has 1 heterocycles. The number of aromatic nitrogens is 2. The number of para-hydroxylation sites is 1.